The van der Waals surface area contributed by atoms with E-state index in [1.165, 1.54) is 12.1 Å². The van der Waals surface area contributed by atoms with Crippen LogP contribution in [0.25, 0.3) is 11.1 Å². The van der Waals surface area contributed by atoms with Gasteiger partial charge in [-0.05, 0) is 66.1 Å². The maximum absolute atomic E-state index is 14.4. The number of benzene rings is 3. The second-order valence-electron chi connectivity index (χ2n) is 9.83. The van der Waals surface area contributed by atoms with Crippen LogP contribution in [-0.4, -0.2) is 57.6 Å². The number of alkyl halides is 1. The van der Waals surface area contributed by atoms with Crippen LogP contribution in [0, 0.1) is 11.7 Å². The Morgan fingerprint density at radius 2 is 1.82 bits per heavy atom. The van der Waals surface area contributed by atoms with Crippen molar-refractivity contribution in [3.63, 3.8) is 0 Å². The minimum atomic E-state index is -3.80. The molecule has 0 unspecified atom stereocenters. The number of sulfone groups is 1. The highest BCUT2D eigenvalue weighted by Gasteiger charge is 2.31. The third kappa shape index (κ3) is 5.26. The normalized spacial score (nSPS) is 18.1. The van der Waals surface area contributed by atoms with Gasteiger partial charge < -0.3 is 14.6 Å². The molecule has 0 aliphatic carbocycles. The number of halogens is 2. The maximum Gasteiger partial charge on any atom is 0.178 e. The van der Waals surface area contributed by atoms with E-state index in [-0.39, 0.29) is 23.2 Å². The molecule has 1 saturated heterocycles. The van der Waals surface area contributed by atoms with Crippen molar-refractivity contribution in [3.8, 4) is 17.2 Å². The second kappa shape index (κ2) is 10.4. The minimum Gasteiger partial charge on any atom is -0.508 e. The average Bonchev–Trinajstić information content (AvgIpc) is 2.86. The molecule has 0 bridgehead atoms. The Balaban J connectivity index is 1.45. The molecule has 5 rings (SSSR count). The van der Waals surface area contributed by atoms with Crippen molar-refractivity contribution in [1.29, 1.82) is 0 Å². The second-order valence-corrected chi connectivity index (χ2v) is 11.8. The molecule has 1 atom stereocenters. The third-order valence-corrected chi connectivity index (χ3v) is 8.14. The van der Waals surface area contributed by atoms with Crippen LogP contribution in [-0.2, 0) is 9.84 Å². The Bertz CT molecular complexity index is 1480. The Kier molecular flexibility index (Phi) is 7.15. The van der Waals surface area contributed by atoms with Gasteiger partial charge in [-0.2, -0.15) is 0 Å². The van der Waals surface area contributed by atoms with E-state index in [9.17, 15) is 22.3 Å². The number of ether oxygens (including phenoxy) is 2. The molecule has 1 fully saturated rings. The fourth-order valence-electron chi connectivity index (χ4n) is 4.99. The molecule has 2 aliphatic rings. The van der Waals surface area contributed by atoms with Crippen LogP contribution in [0.4, 0.5) is 8.78 Å². The van der Waals surface area contributed by atoms with Gasteiger partial charge in [0.25, 0.3) is 0 Å². The van der Waals surface area contributed by atoms with Crippen LogP contribution in [0.1, 0.15) is 29.7 Å². The number of phenols is 1. The molecule has 2 heterocycles. The largest absolute Gasteiger partial charge is 0.508 e. The van der Waals surface area contributed by atoms with Gasteiger partial charge in [-0.1, -0.05) is 18.2 Å². The summed E-state index contributed by atoms with van der Waals surface area (Å²) >= 11 is 0. The Morgan fingerprint density at radius 3 is 2.50 bits per heavy atom. The van der Waals surface area contributed by atoms with Gasteiger partial charge in [-0.15, -0.1) is 0 Å². The molecule has 0 spiro atoms. The average molecular weight is 542 g/mol. The number of likely N-dealkylation sites (tertiary alicyclic amines) is 1. The topological polar surface area (TPSA) is 76.1 Å². The lowest BCUT2D eigenvalue weighted by atomic mass is 9.86. The molecule has 200 valence electrons. The molecule has 0 aromatic heterocycles. The van der Waals surface area contributed by atoms with E-state index in [1.54, 1.807) is 18.2 Å². The Labute approximate surface area is 221 Å². The summed E-state index contributed by atoms with van der Waals surface area (Å²) in [5.74, 6) is 0.641. The zero-order valence-corrected chi connectivity index (χ0v) is 22.0. The Hall–Kier alpha value is -3.43. The standard InChI is InChI=1S/C29H29F2NO5S/c1-18-24-14-22(33)6-10-26(24)37-29(28(18)21-5-9-25(31)27(13-21)38(2,34)35)20-3-7-23(8-4-20)36-12-11-32-16-19(15-30)17-32/h3-10,13-14,19,29,33H,11-12,15-17H2,1-2H3/t29-/m1/s1. The van der Waals surface area contributed by atoms with Gasteiger partial charge in [0.15, 0.2) is 9.84 Å². The highest BCUT2D eigenvalue weighted by molar-refractivity contribution is 7.90. The molecule has 38 heavy (non-hydrogen) atoms. The van der Waals surface area contributed by atoms with Crippen LogP contribution in [0.5, 0.6) is 17.2 Å². The number of phenolic OH excluding ortho intramolecular Hbond substituents is 1. The SMILES string of the molecule is CC1=C(c2ccc(F)c(S(C)(=O)=O)c2)[C@@H](c2ccc(OCCN3CC(CF)C3)cc2)Oc2ccc(O)cc21. The molecular formula is C29H29F2NO5S. The number of hydrogen-bond donors (Lipinski definition) is 1. The van der Waals surface area contributed by atoms with E-state index in [1.807, 2.05) is 31.2 Å². The van der Waals surface area contributed by atoms with Crippen LogP contribution in [0.15, 0.2) is 65.6 Å². The van der Waals surface area contributed by atoms with Crippen molar-refractivity contribution in [2.45, 2.75) is 17.9 Å². The minimum absolute atomic E-state index is 0.0698. The first-order chi connectivity index (χ1) is 18.1. The predicted octanol–water partition coefficient (Wildman–Crippen LogP) is 5.28. The predicted molar refractivity (Wildman–Crippen MR) is 141 cm³/mol. The molecule has 9 heteroatoms. The number of fused-ring (bicyclic) bond motifs is 1. The fraction of sp³-hybridized carbons (Fsp3) is 0.310. The molecule has 0 amide bonds. The first kappa shape index (κ1) is 26.2. The summed E-state index contributed by atoms with van der Waals surface area (Å²) in [6, 6.07) is 16.3. The van der Waals surface area contributed by atoms with Crippen molar-refractivity contribution in [1.82, 2.24) is 4.90 Å². The lowest BCUT2D eigenvalue weighted by Crippen LogP contribution is -2.49. The molecular weight excluding hydrogens is 512 g/mol. The van der Waals surface area contributed by atoms with Crippen molar-refractivity contribution >= 4 is 21.0 Å². The number of nitrogens with zero attached hydrogens (tertiary/aromatic N) is 1. The van der Waals surface area contributed by atoms with Crippen LogP contribution < -0.4 is 9.47 Å². The van der Waals surface area contributed by atoms with Gasteiger partial charge in [0.05, 0.1) is 6.67 Å². The maximum atomic E-state index is 14.4. The summed E-state index contributed by atoms with van der Waals surface area (Å²) in [5, 5.41) is 10.1. The van der Waals surface area contributed by atoms with Gasteiger partial charge in [0, 0.05) is 42.9 Å². The monoisotopic (exact) mass is 541 g/mol. The summed E-state index contributed by atoms with van der Waals surface area (Å²) in [4.78, 5) is 1.76. The smallest absolute Gasteiger partial charge is 0.178 e. The molecule has 1 N–H and O–H groups in total. The van der Waals surface area contributed by atoms with Gasteiger partial charge in [0.1, 0.15) is 40.7 Å². The Morgan fingerprint density at radius 1 is 1.08 bits per heavy atom. The van der Waals surface area contributed by atoms with Crippen molar-refractivity contribution in [2.75, 3.05) is 39.2 Å². The summed E-state index contributed by atoms with van der Waals surface area (Å²) < 4.78 is 63.7. The number of allylic oxidation sites excluding steroid dienone is 1. The number of rotatable bonds is 8. The van der Waals surface area contributed by atoms with Crippen molar-refractivity contribution in [3.05, 3.63) is 83.2 Å². The summed E-state index contributed by atoms with van der Waals surface area (Å²) in [6.45, 7) is 4.33. The third-order valence-electron chi connectivity index (χ3n) is 7.03. The summed E-state index contributed by atoms with van der Waals surface area (Å²) in [6.07, 6.45) is 0.358. The fourth-order valence-corrected chi connectivity index (χ4v) is 5.75. The van der Waals surface area contributed by atoms with Gasteiger partial charge in [-0.25, -0.2) is 12.8 Å². The molecule has 2 aliphatic heterocycles. The van der Waals surface area contributed by atoms with E-state index in [2.05, 4.69) is 4.90 Å². The van der Waals surface area contributed by atoms with Crippen LogP contribution in [0.2, 0.25) is 0 Å². The number of hydrogen-bond acceptors (Lipinski definition) is 6. The van der Waals surface area contributed by atoms with Gasteiger partial charge in [-0.3, -0.25) is 9.29 Å². The van der Waals surface area contributed by atoms with E-state index >= 15 is 0 Å². The lowest BCUT2D eigenvalue weighted by molar-refractivity contribution is 0.0668. The summed E-state index contributed by atoms with van der Waals surface area (Å²) in [5.41, 5.74) is 3.41. The van der Waals surface area contributed by atoms with E-state index in [4.69, 9.17) is 9.47 Å². The highest BCUT2D eigenvalue weighted by Crippen LogP contribution is 2.47. The van der Waals surface area contributed by atoms with Crippen LogP contribution >= 0.6 is 0 Å². The molecule has 0 saturated carbocycles. The van der Waals surface area contributed by atoms with Crippen LogP contribution in [0.3, 0.4) is 0 Å². The highest BCUT2D eigenvalue weighted by atomic mass is 32.2. The van der Waals surface area contributed by atoms with Crippen molar-refractivity contribution in [2.24, 2.45) is 5.92 Å². The molecule has 3 aromatic rings. The quantitative estimate of drug-likeness (QED) is 0.418. The zero-order valence-electron chi connectivity index (χ0n) is 21.2. The molecule has 0 radical (unpaired) electrons. The summed E-state index contributed by atoms with van der Waals surface area (Å²) in [7, 11) is -3.80. The van der Waals surface area contributed by atoms with Gasteiger partial charge in [0.2, 0.25) is 0 Å². The van der Waals surface area contributed by atoms with E-state index < -0.39 is 21.8 Å². The van der Waals surface area contributed by atoms with Crippen molar-refractivity contribution < 1.29 is 31.8 Å². The van der Waals surface area contributed by atoms with E-state index in [0.717, 1.165) is 43.1 Å². The van der Waals surface area contributed by atoms with Gasteiger partial charge >= 0.3 is 0 Å². The first-order valence-electron chi connectivity index (χ1n) is 12.4. The first-order valence-corrected chi connectivity index (χ1v) is 14.2. The van der Waals surface area contributed by atoms with E-state index in [0.29, 0.717) is 34.8 Å². The molecule has 3 aromatic carbocycles. The zero-order chi connectivity index (χ0) is 27.0. The lowest BCUT2D eigenvalue weighted by Gasteiger charge is -2.37. The number of aromatic hydroxyl groups is 1. The molecule has 6 nitrogen and oxygen atoms in total.